The fraction of sp³-hybridized carbons (Fsp3) is 0.364. The lowest BCUT2D eigenvalue weighted by Crippen LogP contribution is -2.28. The van der Waals surface area contributed by atoms with E-state index in [0.29, 0.717) is 24.5 Å². The van der Waals surface area contributed by atoms with Crippen molar-refractivity contribution < 1.29 is 13.7 Å². The largest absolute Gasteiger partial charge is 0.472 e. The molecule has 0 N–H and O–H groups in total. The molecule has 2 aromatic heterocycles. The van der Waals surface area contributed by atoms with Crippen molar-refractivity contribution in [2.24, 2.45) is 0 Å². The minimum atomic E-state index is -0.00950. The van der Waals surface area contributed by atoms with E-state index < -0.39 is 0 Å². The van der Waals surface area contributed by atoms with Gasteiger partial charge in [0, 0.05) is 19.0 Å². The van der Waals surface area contributed by atoms with Crippen LogP contribution in [0.25, 0.3) is 0 Å². The molecule has 6 heteroatoms. The molecule has 0 aliphatic carbocycles. The molecule has 0 saturated carbocycles. The van der Waals surface area contributed by atoms with Gasteiger partial charge in [-0.05, 0) is 12.5 Å². The molecule has 3 heterocycles. The first kappa shape index (κ1) is 10.1. The number of furan rings is 1. The van der Waals surface area contributed by atoms with Crippen LogP contribution in [0.3, 0.4) is 0 Å². The second kappa shape index (κ2) is 4.04. The summed E-state index contributed by atoms with van der Waals surface area (Å²) < 4.78 is 9.62. The van der Waals surface area contributed by atoms with Crippen molar-refractivity contribution >= 4 is 5.91 Å². The molecule has 0 spiro atoms. The number of carbonyl (C=O) groups excluding carboxylic acids is 1. The van der Waals surface area contributed by atoms with Gasteiger partial charge >= 0.3 is 0 Å². The average molecular weight is 233 g/mol. The highest BCUT2D eigenvalue weighted by molar-refractivity contribution is 5.94. The van der Waals surface area contributed by atoms with Gasteiger partial charge in [-0.15, -0.1) is 0 Å². The van der Waals surface area contributed by atoms with E-state index in [1.54, 1.807) is 11.0 Å². The third kappa shape index (κ3) is 1.82. The van der Waals surface area contributed by atoms with Gasteiger partial charge in [-0.1, -0.05) is 5.16 Å². The van der Waals surface area contributed by atoms with E-state index in [1.807, 2.05) is 0 Å². The van der Waals surface area contributed by atoms with E-state index in [2.05, 4.69) is 10.1 Å². The molecule has 1 aliphatic heterocycles. The summed E-state index contributed by atoms with van der Waals surface area (Å²) in [7, 11) is 0. The van der Waals surface area contributed by atoms with Crippen molar-refractivity contribution in [3.05, 3.63) is 36.4 Å². The molecular formula is C11H11N3O3. The Labute approximate surface area is 97.2 Å². The van der Waals surface area contributed by atoms with Gasteiger partial charge in [0.25, 0.3) is 5.91 Å². The smallest absolute Gasteiger partial charge is 0.257 e. The molecule has 0 bridgehead atoms. The highest BCUT2D eigenvalue weighted by Crippen LogP contribution is 2.25. The first-order chi connectivity index (χ1) is 8.34. The Bertz CT molecular complexity index is 492. The van der Waals surface area contributed by atoms with Crippen LogP contribution in [-0.2, 0) is 0 Å². The number of hydrogen-bond acceptors (Lipinski definition) is 5. The predicted molar refractivity (Wildman–Crippen MR) is 56.3 cm³/mol. The molecule has 6 nitrogen and oxygen atoms in total. The van der Waals surface area contributed by atoms with Gasteiger partial charge in [0.1, 0.15) is 6.26 Å². The summed E-state index contributed by atoms with van der Waals surface area (Å²) in [5, 5.41) is 3.81. The van der Waals surface area contributed by atoms with Gasteiger partial charge in [-0.2, -0.15) is 4.98 Å². The fourth-order valence-electron chi connectivity index (χ4n) is 2.08. The molecule has 3 rings (SSSR count). The maximum absolute atomic E-state index is 12.0. The molecule has 2 aromatic rings. The highest BCUT2D eigenvalue weighted by Gasteiger charge is 2.30. The minimum absolute atomic E-state index is 0.00950. The molecule has 17 heavy (non-hydrogen) atoms. The van der Waals surface area contributed by atoms with Crippen molar-refractivity contribution in [1.82, 2.24) is 15.0 Å². The zero-order valence-electron chi connectivity index (χ0n) is 9.07. The molecule has 0 radical (unpaired) electrons. The summed E-state index contributed by atoms with van der Waals surface area (Å²) in [5.41, 5.74) is 0.582. The molecule has 88 valence electrons. The molecule has 1 aliphatic rings. The first-order valence-electron chi connectivity index (χ1n) is 5.42. The van der Waals surface area contributed by atoms with Crippen molar-refractivity contribution in [1.29, 1.82) is 0 Å². The normalized spacial score (nSPS) is 19.8. The molecule has 0 aromatic carbocycles. The number of hydrogen-bond donors (Lipinski definition) is 0. The van der Waals surface area contributed by atoms with Crippen LogP contribution >= 0.6 is 0 Å². The Morgan fingerprint density at radius 1 is 1.53 bits per heavy atom. The van der Waals surface area contributed by atoms with E-state index in [4.69, 9.17) is 8.94 Å². The van der Waals surface area contributed by atoms with Crippen LogP contribution in [-0.4, -0.2) is 34.0 Å². The van der Waals surface area contributed by atoms with Gasteiger partial charge in [0.05, 0.1) is 11.8 Å². The molecule has 1 saturated heterocycles. The Morgan fingerprint density at radius 3 is 3.18 bits per heavy atom. The van der Waals surface area contributed by atoms with Crippen LogP contribution in [0.1, 0.15) is 28.5 Å². The van der Waals surface area contributed by atoms with Crippen LogP contribution < -0.4 is 0 Å². The molecule has 1 fully saturated rings. The second-order valence-corrected chi connectivity index (χ2v) is 4.04. The van der Waals surface area contributed by atoms with E-state index in [-0.39, 0.29) is 11.8 Å². The lowest BCUT2D eigenvalue weighted by Gasteiger charge is -2.14. The van der Waals surface area contributed by atoms with Crippen molar-refractivity contribution in [2.75, 3.05) is 13.1 Å². The Balaban J connectivity index is 1.70. The maximum Gasteiger partial charge on any atom is 0.257 e. The summed E-state index contributed by atoms with van der Waals surface area (Å²) in [5.74, 6) is 0.835. The summed E-state index contributed by atoms with van der Waals surface area (Å²) in [6.07, 6.45) is 5.14. The molecule has 0 unspecified atom stereocenters. The Morgan fingerprint density at radius 2 is 2.47 bits per heavy atom. The standard InChI is InChI=1S/C11H11N3O3/c15-11(9-2-4-16-6-9)14-3-1-8(5-14)10-12-7-17-13-10/h2,4,6-8H,1,3,5H2/t8-/m1/s1. The van der Waals surface area contributed by atoms with Gasteiger partial charge in [0.15, 0.2) is 5.82 Å². The van der Waals surface area contributed by atoms with E-state index >= 15 is 0 Å². The number of rotatable bonds is 2. The minimum Gasteiger partial charge on any atom is -0.472 e. The zero-order valence-corrected chi connectivity index (χ0v) is 9.07. The number of likely N-dealkylation sites (tertiary alicyclic amines) is 1. The first-order valence-corrected chi connectivity index (χ1v) is 5.42. The van der Waals surface area contributed by atoms with Crippen molar-refractivity contribution in [2.45, 2.75) is 12.3 Å². The zero-order chi connectivity index (χ0) is 11.7. The number of nitrogens with zero attached hydrogens (tertiary/aromatic N) is 3. The summed E-state index contributed by atoms with van der Waals surface area (Å²) >= 11 is 0. The number of carbonyl (C=O) groups is 1. The predicted octanol–water partition coefficient (Wildman–Crippen LogP) is 1.29. The van der Waals surface area contributed by atoms with E-state index in [1.165, 1.54) is 18.9 Å². The molecular weight excluding hydrogens is 222 g/mol. The number of amides is 1. The van der Waals surface area contributed by atoms with Gasteiger partial charge in [-0.3, -0.25) is 4.79 Å². The Kier molecular flexibility index (Phi) is 2.40. The van der Waals surface area contributed by atoms with Crippen molar-refractivity contribution in [3.63, 3.8) is 0 Å². The highest BCUT2D eigenvalue weighted by atomic mass is 16.5. The average Bonchev–Trinajstić information content (AvgIpc) is 3.09. The van der Waals surface area contributed by atoms with Gasteiger partial charge < -0.3 is 13.8 Å². The number of aromatic nitrogens is 2. The van der Waals surface area contributed by atoms with Crippen molar-refractivity contribution in [3.8, 4) is 0 Å². The fourth-order valence-corrected chi connectivity index (χ4v) is 2.08. The van der Waals surface area contributed by atoms with Crippen LogP contribution in [0.4, 0.5) is 0 Å². The lowest BCUT2D eigenvalue weighted by molar-refractivity contribution is 0.0789. The van der Waals surface area contributed by atoms with Crippen LogP contribution in [0.2, 0.25) is 0 Å². The maximum atomic E-state index is 12.0. The summed E-state index contributed by atoms with van der Waals surface area (Å²) in [6.45, 7) is 1.34. The quantitative estimate of drug-likeness (QED) is 0.781. The third-order valence-corrected chi connectivity index (χ3v) is 2.99. The van der Waals surface area contributed by atoms with Crippen LogP contribution in [0, 0.1) is 0 Å². The lowest BCUT2D eigenvalue weighted by atomic mass is 10.1. The molecule has 1 atom stereocenters. The Hall–Kier alpha value is -2.11. The van der Waals surface area contributed by atoms with Crippen LogP contribution in [0.15, 0.2) is 33.9 Å². The summed E-state index contributed by atoms with van der Waals surface area (Å²) in [6, 6.07) is 1.67. The van der Waals surface area contributed by atoms with Crippen LogP contribution in [0.5, 0.6) is 0 Å². The van der Waals surface area contributed by atoms with E-state index in [9.17, 15) is 4.79 Å². The van der Waals surface area contributed by atoms with Gasteiger partial charge in [-0.25, -0.2) is 0 Å². The monoisotopic (exact) mass is 233 g/mol. The SMILES string of the molecule is O=C(c1ccoc1)N1CC[C@@H](c2ncon2)C1. The summed E-state index contributed by atoms with van der Waals surface area (Å²) in [4.78, 5) is 17.8. The third-order valence-electron chi connectivity index (χ3n) is 2.99. The molecule has 1 amide bonds. The second-order valence-electron chi connectivity index (χ2n) is 4.04. The van der Waals surface area contributed by atoms with Gasteiger partial charge in [0.2, 0.25) is 6.39 Å². The topological polar surface area (TPSA) is 72.4 Å². The van der Waals surface area contributed by atoms with E-state index in [0.717, 1.165) is 6.42 Å².